The molecule has 2 nitrogen and oxygen atoms in total. The molecule has 0 bridgehead atoms. The van der Waals surface area contributed by atoms with Crippen LogP contribution in [-0.4, -0.2) is 18.9 Å². The summed E-state index contributed by atoms with van der Waals surface area (Å²) in [5.41, 5.74) is 2.94. The Kier molecular flexibility index (Phi) is 1.78. The highest BCUT2D eigenvalue weighted by atomic mass is 16.1. The van der Waals surface area contributed by atoms with Crippen molar-refractivity contribution >= 4 is 5.78 Å². The van der Waals surface area contributed by atoms with Gasteiger partial charge in [0.1, 0.15) is 5.78 Å². The van der Waals surface area contributed by atoms with Gasteiger partial charge in [0, 0.05) is 19.4 Å². The van der Waals surface area contributed by atoms with E-state index in [4.69, 9.17) is 0 Å². The van der Waals surface area contributed by atoms with Crippen LogP contribution in [-0.2, 0) is 4.79 Å². The van der Waals surface area contributed by atoms with Gasteiger partial charge in [-0.1, -0.05) is 11.1 Å². The van der Waals surface area contributed by atoms with Crippen molar-refractivity contribution in [1.82, 2.24) is 5.32 Å². The van der Waals surface area contributed by atoms with E-state index in [1.165, 1.54) is 11.1 Å². The van der Waals surface area contributed by atoms with Gasteiger partial charge in [-0.05, 0) is 19.4 Å². The van der Waals surface area contributed by atoms with Crippen LogP contribution in [0.15, 0.2) is 11.1 Å². The van der Waals surface area contributed by atoms with Gasteiger partial charge in [-0.15, -0.1) is 0 Å². The van der Waals surface area contributed by atoms with Crippen LogP contribution in [0.1, 0.15) is 25.7 Å². The summed E-state index contributed by atoms with van der Waals surface area (Å²) in [4.78, 5) is 11.1. The van der Waals surface area contributed by atoms with E-state index in [2.05, 4.69) is 5.32 Å². The van der Waals surface area contributed by atoms with Crippen LogP contribution in [0, 0.1) is 0 Å². The molecule has 0 amide bonds. The molecule has 60 valence electrons. The molecule has 11 heavy (non-hydrogen) atoms. The Labute approximate surface area is 66.7 Å². The summed E-state index contributed by atoms with van der Waals surface area (Å²) in [6.07, 6.45) is 3.64. The molecular formula is C9H13NO. The van der Waals surface area contributed by atoms with Crippen LogP contribution in [0.3, 0.4) is 0 Å². The Hall–Kier alpha value is -0.630. The maximum absolute atomic E-state index is 11.1. The fraction of sp³-hybridized carbons (Fsp3) is 0.667. The molecule has 1 heterocycles. The average Bonchev–Trinajstić information content (AvgIpc) is 2.04. The second-order valence-electron chi connectivity index (χ2n) is 3.35. The van der Waals surface area contributed by atoms with Gasteiger partial charge in [-0.25, -0.2) is 0 Å². The van der Waals surface area contributed by atoms with Crippen molar-refractivity contribution in [3.05, 3.63) is 11.1 Å². The van der Waals surface area contributed by atoms with Crippen molar-refractivity contribution in [3.8, 4) is 0 Å². The van der Waals surface area contributed by atoms with E-state index in [9.17, 15) is 4.79 Å². The van der Waals surface area contributed by atoms with Crippen LogP contribution in [0.5, 0.6) is 0 Å². The monoisotopic (exact) mass is 151 g/mol. The topological polar surface area (TPSA) is 29.1 Å². The molecule has 2 rings (SSSR count). The molecular weight excluding hydrogens is 138 g/mol. The number of carbonyl (C=O) groups excluding carboxylic acids is 1. The quantitative estimate of drug-likeness (QED) is 0.524. The average molecular weight is 151 g/mol. The minimum absolute atomic E-state index is 0.436. The number of nitrogens with one attached hydrogen (secondary N) is 1. The van der Waals surface area contributed by atoms with E-state index in [-0.39, 0.29) is 0 Å². The van der Waals surface area contributed by atoms with E-state index in [1.807, 2.05) is 0 Å². The first-order valence-electron chi connectivity index (χ1n) is 4.28. The van der Waals surface area contributed by atoms with Crippen molar-refractivity contribution in [3.63, 3.8) is 0 Å². The molecule has 0 aromatic rings. The zero-order valence-electron chi connectivity index (χ0n) is 6.65. The molecule has 0 saturated carbocycles. The predicted octanol–water partition coefficient (Wildman–Crippen LogP) is 1.03. The van der Waals surface area contributed by atoms with E-state index in [0.29, 0.717) is 5.78 Å². The summed E-state index contributed by atoms with van der Waals surface area (Å²) in [5.74, 6) is 0.436. The second-order valence-corrected chi connectivity index (χ2v) is 3.35. The lowest BCUT2D eigenvalue weighted by atomic mass is 9.87. The van der Waals surface area contributed by atoms with E-state index >= 15 is 0 Å². The fourth-order valence-corrected chi connectivity index (χ4v) is 1.88. The van der Waals surface area contributed by atoms with Crippen LogP contribution < -0.4 is 5.32 Å². The Bertz CT molecular complexity index is 218. The lowest BCUT2D eigenvalue weighted by Crippen LogP contribution is -2.28. The third-order valence-electron chi connectivity index (χ3n) is 2.56. The summed E-state index contributed by atoms with van der Waals surface area (Å²) < 4.78 is 0. The zero-order valence-corrected chi connectivity index (χ0v) is 6.65. The van der Waals surface area contributed by atoms with Crippen molar-refractivity contribution in [2.45, 2.75) is 25.7 Å². The summed E-state index contributed by atoms with van der Waals surface area (Å²) in [6.45, 7) is 2.09. The fourth-order valence-electron chi connectivity index (χ4n) is 1.88. The molecule has 0 unspecified atom stereocenters. The number of hydrogen-bond donors (Lipinski definition) is 1. The van der Waals surface area contributed by atoms with Crippen molar-refractivity contribution < 1.29 is 4.79 Å². The molecule has 0 radical (unpaired) electrons. The van der Waals surface area contributed by atoms with E-state index in [1.54, 1.807) is 0 Å². The minimum atomic E-state index is 0.436. The van der Waals surface area contributed by atoms with Gasteiger partial charge in [0.05, 0.1) is 0 Å². The number of ketones is 1. The van der Waals surface area contributed by atoms with Gasteiger partial charge >= 0.3 is 0 Å². The smallest absolute Gasteiger partial charge is 0.137 e. The SMILES string of the molecule is O=C1CCC2=C(CCNC2)C1. The lowest BCUT2D eigenvalue weighted by molar-refractivity contribution is -0.118. The van der Waals surface area contributed by atoms with Gasteiger partial charge in [-0.2, -0.15) is 0 Å². The molecule has 1 N–H and O–H groups in total. The third-order valence-corrected chi connectivity index (χ3v) is 2.56. The third kappa shape index (κ3) is 1.36. The normalized spacial score (nSPS) is 25.3. The molecule has 0 saturated heterocycles. The number of Topliss-reactive ketones (excluding diaryl/α,β-unsaturated/α-hetero) is 1. The largest absolute Gasteiger partial charge is 0.313 e. The molecule has 2 aliphatic rings. The highest BCUT2D eigenvalue weighted by molar-refractivity contribution is 5.82. The predicted molar refractivity (Wildman–Crippen MR) is 43.4 cm³/mol. The highest BCUT2D eigenvalue weighted by Crippen LogP contribution is 2.25. The molecule has 0 fully saturated rings. The Balaban J connectivity index is 2.18. The minimum Gasteiger partial charge on any atom is -0.313 e. The number of carbonyl (C=O) groups is 1. The first kappa shape index (κ1) is 7.04. The summed E-state index contributed by atoms with van der Waals surface area (Å²) in [6, 6.07) is 0. The standard InChI is InChI=1S/C9H13NO/c11-9-2-1-8-6-10-4-3-7(8)5-9/h10H,1-6H2. The van der Waals surface area contributed by atoms with Gasteiger partial charge in [-0.3, -0.25) is 4.79 Å². The summed E-state index contributed by atoms with van der Waals surface area (Å²) in [7, 11) is 0. The van der Waals surface area contributed by atoms with Crippen LogP contribution >= 0.6 is 0 Å². The van der Waals surface area contributed by atoms with Gasteiger partial charge < -0.3 is 5.32 Å². The molecule has 0 aromatic carbocycles. The van der Waals surface area contributed by atoms with Crippen molar-refractivity contribution in [2.75, 3.05) is 13.1 Å². The maximum Gasteiger partial charge on any atom is 0.137 e. The first-order valence-corrected chi connectivity index (χ1v) is 4.28. The number of rotatable bonds is 0. The lowest BCUT2D eigenvalue weighted by Gasteiger charge is -2.24. The van der Waals surface area contributed by atoms with Crippen LogP contribution in [0.2, 0.25) is 0 Å². The van der Waals surface area contributed by atoms with Gasteiger partial charge in [0.2, 0.25) is 0 Å². The first-order chi connectivity index (χ1) is 5.36. The Morgan fingerprint density at radius 1 is 1.09 bits per heavy atom. The molecule has 1 aliphatic carbocycles. The van der Waals surface area contributed by atoms with Crippen LogP contribution in [0.4, 0.5) is 0 Å². The zero-order chi connectivity index (χ0) is 7.68. The van der Waals surface area contributed by atoms with Crippen molar-refractivity contribution in [1.29, 1.82) is 0 Å². The van der Waals surface area contributed by atoms with E-state index < -0.39 is 0 Å². The second kappa shape index (κ2) is 2.78. The summed E-state index contributed by atoms with van der Waals surface area (Å²) >= 11 is 0. The molecule has 0 atom stereocenters. The van der Waals surface area contributed by atoms with E-state index in [0.717, 1.165) is 38.8 Å². The Morgan fingerprint density at radius 2 is 2.00 bits per heavy atom. The Morgan fingerprint density at radius 3 is 2.91 bits per heavy atom. The van der Waals surface area contributed by atoms with Crippen LogP contribution in [0.25, 0.3) is 0 Å². The summed E-state index contributed by atoms with van der Waals surface area (Å²) in [5, 5.41) is 3.33. The van der Waals surface area contributed by atoms with Gasteiger partial charge in [0.25, 0.3) is 0 Å². The number of hydrogen-bond acceptors (Lipinski definition) is 2. The molecule has 0 spiro atoms. The molecule has 1 aliphatic heterocycles. The molecule has 2 heteroatoms. The van der Waals surface area contributed by atoms with Crippen molar-refractivity contribution in [2.24, 2.45) is 0 Å². The maximum atomic E-state index is 11.1. The molecule has 0 aromatic heterocycles. The van der Waals surface area contributed by atoms with Gasteiger partial charge in [0.15, 0.2) is 0 Å². The highest BCUT2D eigenvalue weighted by Gasteiger charge is 2.19.